The van der Waals surface area contributed by atoms with Gasteiger partial charge in [0, 0.05) is 47.4 Å². The Hall–Kier alpha value is -2.79. The molecule has 4 nitrogen and oxygen atoms in total. The van der Waals surface area contributed by atoms with Crippen LogP contribution in [0.1, 0.15) is 11.1 Å². The highest BCUT2D eigenvalue weighted by atomic mass is 32.2. The Morgan fingerprint density at radius 2 is 1.16 bits per heavy atom. The van der Waals surface area contributed by atoms with Crippen LogP contribution in [-0.4, -0.2) is 19.9 Å². The first-order valence-corrected chi connectivity index (χ1v) is 9.30. The van der Waals surface area contributed by atoms with Crippen molar-refractivity contribution in [3.8, 4) is 22.8 Å². The van der Waals surface area contributed by atoms with E-state index in [-0.39, 0.29) is 0 Å². The lowest BCUT2D eigenvalue weighted by atomic mass is 10.1. The van der Waals surface area contributed by atoms with Crippen LogP contribution in [0.5, 0.6) is 0 Å². The molecule has 0 amide bonds. The SMILES string of the molecule is c1ccc(-c2ncc[nH]2)c(CSCc2ccccc2-c2ncc[nH]2)c1. The van der Waals surface area contributed by atoms with Gasteiger partial charge in [0.25, 0.3) is 0 Å². The first-order chi connectivity index (χ1) is 12.4. The zero-order chi connectivity index (χ0) is 16.9. The average Bonchev–Trinajstić information content (AvgIpc) is 3.37. The fourth-order valence-electron chi connectivity index (χ4n) is 2.85. The minimum atomic E-state index is 0.923. The van der Waals surface area contributed by atoms with E-state index < -0.39 is 0 Å². The van der Waals surface area contributed by atoms with Gasteiger partial charge in [-0.15, -0.1) is 0 Å². The number of hydrogen-bond donors (Lipinski definition) is 2. The van der Waals surface area contributed by atoms with Crippen LogP contribution in [0.2, 0.25) is 0 Å². The van der Waals surface area contributed by atoms with Crippen molar-refractivity contribution in [1.29, 1.82) is 0 Å². The lowest BCUT2D eigenvalue weighted by molar-refractivity contribution is 1.26. The Morgan fingerprint density at radius 1 is 0.680 bits per heavy atom. The van der Waals surface area contributed by atoms with Gasteiger partial charge < -0.3 is 9.97 Å². The van der Waals surface area contributed by atoms with Gasteiger partial charge in [-0.25, -0.2) is 9.97 Å². The van der Waals surface area contributed by atoms with Gasteiger partial charge in [-0.05, 0) is 11.1 Å². The van der Waals surface area contributed by atoms with E-state index >= 15 is 0 Å². The molecule has 0 fully saturated rings. The summed E-state index contributed by atoms with van der Waals surface area (Å²) in [6.07, 6.45) is 7.30. The molecule has 124 valence electrons. The summed E-state index contributed by atoms with van der Waals surface area (Å²) in [5.74, 6) is 3.71. The van der Waals surface area contributed by atoms with Crippen LogP contribution < -0.4 is 0 Å². The topological polar surface area (TPSA) is 57.4 Å². The summed E-state index contributed by atoms with van der Waals surface area (Å²) in [6.45, 7) is 0. The molecule has 2 aromatic carbocycles. The van der Waals surface area contributed by atoms with Gasteiger partial charge in [-0.3, -0.25) is 0 Å². The first kappa shape index (κ1) is 15.7. The van der Waals surface area contributed by atoms with E-state index in [4.69, 9.17) is 0 Å². The van der Waals surface area contributed by atoms with E-state index in [2.05, 4.69) is 68.5 Å². The van der Waals surface area contributed by atoms with Crippen molar-refractivity contribution in [2.45, 2.75) is 11.5 Å². The smallest absolute Gasteiger partial charge is 0.137 e. The van der Waals surface area contributed by atoms with Crippen LogP contribution in [0.25, 0.3) is 22.8 Å². The number of nitrogens with one attached hydrogen (secondary N) is 2. The molecule has 0 saturated carbocycles. The molecule has 25 heavy (non-hydrogen) atoms. The number of H-pyrrole nitrogens is 2. The summed E-state index contributed by atoms with van der Waals surface area (Å²) in [5, 5.41) is 0. The number of hydrogen-bond acceptors (Lipinski definition) is 3. The van der Waals surface area contributed by atoms with Gasteiger partial charge in [0.15, 0.2) is 0 Å². The molecule has 0 aliphatic heterocycles. The van der Waals surface area contributed by atoms with Gasteiger partial charge in [0.1, 0.15) is 11.6 Å². The summed E-state index contributed by atoms with van der Waals surface area (Å²) in [6, 6.07) is 16.8. The van der Waals surface area contributed by atoms with E-state index in [1.807, 2.05) is 24.2 Å². The maximum absolute atomic E-state index is 4.38. The quantitative estimate of drug-likeness (QED) is 0.522. The van der Waals surface area contributed by atoms with E-state index in [0.717, 1.165) is 23.2 Å². The Balaban J connectivity index is 1.50. The number of benzene rings is 2. The van der Waals surface area contributed by atoms with Crippen LogP contribution in [0.4, 0.5) is 0 Å². The third-order valence-corrected chi connectivity index (χ3v) is 5.09. The largest absolute Gasteiger partial charge is 0.345 e. The number of rotatable bonds is 6. The fraction of sp³-hybridized carbons (Fsp3) is 0.100. The molecule has 0 aliphatic carbocycles. The zero-order valence-electron chi connectivity index (χ0n) is 13.6. The number of aromatic amines is 2. The van der Waals surface area contributed by atoms with Crippen LogP contribution >= 0.6 is 11.8 Å². The molecule has 2 heterocycles. The Labute approximate surface area is 150 Å². The molecule has 0 radical (unpaired) electrons. The average molecular weight is 346 g/mol. The Morgan fingerprint density at radius 3 is 1.60 bits per heavy atom. The Kier molecular flexibility index (Phi) is 4.65. The lowest BCUT2D eigenvalue weighted by Crippen LogP contribution is -1.92. The van der Waals surface area contributed by atoms with Gasteiger partial charge in [-0.2, -0.15) is 11.8 Å². The second-order valence-electron chi connectivity index (χ2n) is 5.68. The summed E-state index contributed by atoms with van der Waals surface area (Å²) < 4.78 is 0. The minimum absolute atomic E-state index is 0.923. The van der Waals surface area contributed by atoms with Gasteiger partial charge >= 0.3 is 0 Å². The maximum Gasteiger partial charge on any atom is 0.137 e. The van der Waals surface area contributed by atoms with Gasteiger partial charge in [-0.1, -0.05) is 48.5 Å². The number of imidazole rings is 2. The van der Waals surface area contributed by atoms with Crippen molar-refractivity contribution in [1.82, 2.24) is 19.9 Å². The minimum Gasteiger partial charge on any atom is -0.345 e. The predicted octanol–water partition coefficient (Wildman–Crippen LogP) is 4.90. The molecule has 4 aromatic rings. The summed E-state index contributed by atoms with van der Waals surface area (Å²) in [4.78, 5) is 15.2. The molecule has 0 bridgehead atoms. The standard InChI is InChI=1S/C20H18N4S/c1-3-7-17(19-21-9-10-22-19)15(5-1)13-25-14-16-6-2-4-8-18(16)20-23-11-12-24-20/h1-12H,13-14H2,(H,21,22)(H,23,24). The molecule has 2 aromatic heterocycles. The maximum atomic E-state index is 4.38. The highest BCUT2D eigenvalue weighted by Crippen LogP contribution is 2.28. The van der Waals surface area contributed by atoms with Crippen LogP contribution in [0.15, 0.2) is 73.3 Å². The van der Waals surface area contributed by atoms with Crippen LogP contribution in [0, 0.1) is 0 Å². The van der Waals surface area contributed by atoms with Gasteiger partial charge in [0.05, 0.1) is 0 Å². The second-order valence-corrected chi connectivity index (χ2v) is 6.67. The number of nitrogens with zero attached hydrogens (tertiary/aromatic N) is 2. The molecular weight excluding hydrogens is 328 g/mol. The molecule has 0 unspecified atom stereocenters. The molecule has 0 spiro atoms. The monoisotopic (exact) mass is 346 g/mol. The van der Waals surface area contributed by atoms with Crippen molar-refractivity contribution in [2.75, 3.05) is 0 Å². The van der Waals surface area contributed by atoms with Crippen molar-refractivity contribution in [3.05, 3.63) is 84.4 Å². The molecular formula is C20H18N4S. The second kappa shape index (κ2) is 7.40. The fourth-order valence-corrected chi connectivity index (χ4v) is 3.90. The first-order valence-electron chi connectivity index (χ1n) is 8.15. The predicted molar refractivity (Wildman–Crippen MR) is 103 cm³/mol. The molecule has 4 rings (SSSR count). The van der Waals surface area contributed by atoms with Crippen molar-refractivity contribution >= 4 is 11.8 Å². The zero-order valence-corrected chi connectivity index (χ0v) is 14.5. The molecule has 0 atom stereocenters. The summed E-state index contributed by atoms with van der Waals surface area (Å²) in [5.41, 5.74) is 4.91. The molecule has 0 aliphatic rings. The number of aromatic nitrogens is 4. The lowest BCUT2D eigenvalue weighted by Gasteiger charge is -2.09. The highest BCUT2D eigenvalue weighted by Gasteiger charge is 2.09. The molecule has 5 heteroatoms. The van der Waals surface area contributed by atoms with E-state index in [1.165, 1.54) is 22.3 Å². The van der Waals surface area contributed by atoms with E-state index in [9.17, 15) is 0 Å². The third kappa shape index (κ3) is 3.51. The summed E-state index contributed by atoms with van der Waals surface area (Å²) >= 11 is 1.90. The molecule has 0 saturated heterocycles. The number of thioether (sulfide) groups is 1. The highest BCUT2D eigenvalue weighted by molar-refractivity contribution is 7.97. The van der Waals surface area contributed by atoms with Gasteiger partial charge in [0.2, 0.25) is 0 Å². The van der Waals surface area contributed by atoms with Crippen LogP contribution in [0.3, 0.4) is 0 Å². The normalized spacial score (nSPS) is 10.9. The van der Waals surface area contributed by atoms with E-state index in [0.29, 0.717) is 0 Å². The summed E-state index contributed by atoms with van der Waals surface area (Å²) in [7, 11) is 0. The third-order valence-electron chi connectivity index (χ3n) is 4.06. The van der Waals surface area contributed by atoms with Crippen LogP contribution in [-0.2, 0) is 11.5 Å². The Bertz CT molecular complexity index is 852. The van der Waals surface area contributed by atoms with Crippen molar-refractivity contribution in [2.24, 2.45) is 0 Å². The van der Waals surface area contributed by atoms with E-state index in [1.54, 1.807) is 12.4 Å². The van der Waals surface area contributed by atoms with Crippen molar-refractivity contribution in [3.63, 3.8) is 0 Å². The van der Waals surface area contributed by atoms with Crippen molar-refractivity contribution < 1.29 is 0 Å². The molecule has 2 N–H and O–H groups in total.